The molecule has 0 spiro atoms. The molecule has 5 N–H and O–H groups in total. The van der Waals surface area contributed by atoms with E-state index >= 15 is 0 Å². The number of nitrogen functional groups attached to an aromatic ring is 1. The quantitative estimate of drug-likeness (QED) is 0.183. The highest BCUT2D eigenvalue weighted by atomic mass is 19.4. The number of hydrogen-bond acceptors (Lipinski definition) is 7. The zero-order chi connectivity index (χ0) is 34.1. The van der Waals surface area contributed by atoms with Gasteiger partial charge in [-0.3, -0.25) is 9.78 Å². The number of ether oxygens (including phenoxy) is 2. The van der Waals surface area contributed by atoms with Crippen LogP contribution in [0.2, 0.25) is 0 Å². The topological polar surface area (TPSA) is 157 Å². The molecular weight excluding hydrogens is 605 g/mol. The van der Waals surface area contributed by atoms with Crippen molar-refractivity contribution in [2.45, 2.75) is 51.4 Å². The Labute approximate surface area is 263 Å². The normalized spacial score (nSPS) is 11.9. The number of alkyl carbamates (subject to hydrolysis) is 1. The van der Waals surface area contributed by atoms with Crippen LogP contribution in [0, 0.1) is 0 Å². The lowest BCUT2D eigenvalue weighted by Gasteiger charge is -2.22. The third kappa shape index (κ3) is 11.6. The summed E-state index contributed by atoms with van der Waals surface area (Å²) in [6.45, 7) is 5.07. The van der Waals surface area contributed by atoms with Gasteiger partial charge in [-0.15, -0.1) is 0 Å². The van der Waals surface area contributed by atoms with E-state index in [4.69, 9.17) is 15.2 Å². The van der Waals surface area contributed by atoms with Crippen LogP contribution in [-0.4, -0.2) is 52.1 Å². The second-order valence-corrected chi connectivity index (χ2v) is 11.2. The molecule has 1 atom stereocenters. The Bertz CT molecular complexity index is 1680. The van der Waals surface area contributed by atoms with E-state index in [-0.39, 0.29) is 23.5 Å². The predicted molar refractivity (Wildman–Crippen MR) is 167 cm³/mol. The summed E-state index contributed by atoms with van der Waals surface area (Å²) in [5.41, 5.74) is 8.23. The average Bonchev–Trinajstić information content (AvgIpc) is 2.95. The number of aromatic nitrogens is 2. The van der Waals surface area contributed by atoms with Gasteiger partial charge in [0, 0.05) is 18.1 Å². The number of carboxylic acids is 1. The molecule has 0 aliphatic heterocycles. The maximum Gasteiger partial charge on any atom is 0.408 e. The minimum atomic E-state index is -4.17. The molecule has 0 aliphatic carbocycles. The molecule has 0 radical (unpaired) electrons. The maximum atomic E-state index is 12.2. The fourth-order valence-electron chi connectivity index (χ4n) is 4.17. The fourth-order valence-corrected chi connectivity index (χ4v) is 4.17. The van der Waals surface area contributed by atoms with Crippen molar-refractivity contribution in [3.63, 3.8) is 0 Å². The lowest BCUT2D eigenvalue weighted by Crippen LogP contribution is -2.44. The number of H-pyrrole nitrogens is 1. The number of carbonyl (C=O) groups is 2. The number of aromatic amines is 1. The van der Waals surface area contributed by atoms with E-state index in [9.17, 15) is 32.7 Å². The number of benzene rings is 3. The number of anilines is 1. The van der Waals surface area contributed by atoms with Crippen molar-refractivity contribution >= 4 is 18.0 Å². The molecule has 0 saturated heterocycles. The van der Waals surface area contributed by atoms with Gasteiger partial charge in [-0.2, -0.15) is 13.2 Å². The Morgan fingerprint density at radius 2 is 1.54 bits per heavy atom. The molecule has 0 fully saturated rings. The largest absolute Gasteiger partial charge is 0.497 e. The van der Waals surface area contributed by atoms with Gasteiger partial charge >= 0.3 is 18.2 Å². The van der Waals surface area contributed by atoms with Gasteiger partial charge in [-0.05, 0) is 55.2 Å². The van der Waals surface area contributed by atoms with E-state index < -0.39 is 36.3 Å². The lowest BCUT2D eigenvalue weighted by molar-refractivity contribution is -0.139. The number of nitrogens with zero attached hydrogens (tertiary/aromatic N) is 1. The first-order chi connectivity index (χ1) is 21.5. The zero-order valence-corrected chi connectivity index (χ0v) is 25.6. The summed E-state index contributed by atoms with van der Waals surface area (Å²) < 4.78 is 46.9. The SMILES string of the molecule is CC(C)(C)OC(=O)NC(Cc1ccc(-c2cc(=O)[nH]c(N)n2)cc1)C(=O)O.COc1cccc(-c2ccc(CC(F)(F)F)cc2)c1. The van der Waals surface area contributed by atoms with Crippen molar-refractivity contribution in [2.75, 3.05) is 12.8 Å². The first-order valence-electron chi connectivity index (χ1n) is 14.0. The Kier molecular flexibility index (Phi) is 11.5. The number of nitrogens with two attached hydrogens (primary N) is 1. The van der Waals surface area contributed by atoms with E-state index in [0.29, 0.717) is 16.8 Å². The van der Waals surface area contributed by atoms with E-state index in [0.717, 1.165) is 16.9 Å². The molecule has 0 bridgehead atoms. The molecule has 3 aromatic carbocycles. The number of nitrogens with one attached hydrogen (secondary N) is 2. The number of aliphatic carboxylic acids is 1. The van der Waals surface area contributed by atoms with Gasteiger partial charge in [-0.1, -0.05) is 60.7 Å². The molecule has 0 aliphatic rings. The molecule has 1 amide bonds. The molecule has 1 aromatic heterocycles. The minimum absolute atomic E-state index is 0.00841. The van der Waals surface area contributed by atoms with Crippen LogP contribution in [0.25, 0.3) is 22.4 Å². The van der Waals surface area contributed by atoms with Crippen molar-refractivity contribution < 1.29 is 37.3 Å². The van der Waals surface area contributed by atoms with Crippen molar-refractivity contribution in [3.05, 3.63) is 100 Å². The second kappa shape index (κ2) is 15.1. The minimum Gasteiger partial charge on any atom is -0.497 e. The summed E-state index contributed by atoms with van der Waals surface area (Å²) >= 11 is 0. The number of hydrogen-bond donors (Lipinski definition) is 4. The molecule has 244 valence electrons. The monoisotopic (exact) mass is 640 g/mol. The number of carboxylic acid groups (broad SMARTS) is 1. The van der Waals surface area contributed by atoms with Crippen molar-refractivity contribution in [2.24, 2.45) is 0 Å². The van der Waals surface area contributed by atoms with Crippen LogP contribution in [0.15, 0.2) is 83.7 Å². The number of alkyl halides is 3. The molecule has 13 heteroatoms. The van der Waals surface area contributed by atoms with Gasteiger partial charge in [0.1, 0.15) is 17.4 Å². The highest BCUT2D eigenvalue weighted by Crippen LogP contribution is 2.26. The summed E-state index contributed by atoms with van der Waals surface area (Å²) in [6, 6.07) is 20.7. The first kappa shape index (κ1) is 35.2. The highest BCUT2D eigenvalue weighted by molar-refractivity contribution is 5.80. The summed E-state index contributed by atoms with van der Waals surface area (Å²) in [4.78, 5) is 41.1. The van der Waals surface area contributed by atoms with Crippen molar-refractivity contribution in [1.29, 1.82) is 0 Å². The van der Waals surface area contributed by atoms with Crippen LogP contribution < -0.4 is 21.3 Å². The van der Waals surface area contributed by atoms with Gasteiger partial charge in [0.25, 0.3) is 5.56 Å². The molecule has 4 rings (SSSR count). The van der Waals surface area contributed by atoms with Gasteiger partial charge in [-0.25, -0.2) is 14.6 Å². The van der Waals surface area contributed by atoms with Crippen LogP contribution in [0.1, 0.15) is 31.9 Å². The van der Waals surface area contributed by atoms with E-state index in [1.54, 1.807) is 64.3 Å². The third-order valence-electron chi connectivity index (χ3n) is 6.20. The van der Waals surface area contributed by atoms with Crippen molar-refractivity contribution in [3.8, 4) is 28.1 Å². The summed E-state index contributed by atoms with van der Waals surface area (Å²) in [5, 5.41) is 11.7. The summed E-state index contributed by atoms with van der Waals surface area (Å²) in [7, 11) is 1.57. The van der Waals surface area contributed by atoms with Gasteiger partial charge in [0.05, 0.1) is 19.2 Å². The molecule has 0 saturated carbocycles. The number of methoxy groups -OCH3 is 1. The zero-order valence-electron chi connectivity index (χ0n) is 25.6. The van der Waals surface area contributed by atoms with Gasteiger partial charge < -0.3 is 25.6 Å². The smallest absolute Gasteiger partial charge is 0.408 e. The predicted octanol–water partition coefficient (Wildman–Crippen LogP) is 6.01. The fraction of sp³-hybridized carbons (Fsp3) is 0.273. The standard InChI is InChI=1S/C18H22N4O5.C15H13F3O/c1-18(2,3)27-17(26)21-13(15(24)25)8-10-4-6-11(7-5-10)12-9-14(23)22-16(19)20-12;1-19-14-4-2-3-13(9-14)12-7-5-11(6-8-12)10-15(16,17)18/h4-7,9,13H,8H2,1-3H3,(H,21,26)(H,24,25)(H3,19,20,22,23);2-9H,10H2,1H3. The molecule has 1 heterocycles. The van der Waals surface area contributed by atoms with Crippen LogP contribution in [0.5, 0.6) is 5.75 Å². The maximum absolute atomic E-state index is 12.2. The van der Waals surface area contributed by atoms with Gasteiger partial charge in [0.15, 0.2) is 0 Å². The van der Waals surface area contributed by atoms with Crippen LogP contribution >= 0.6 is 0 Å². The summed E-state index contributed by atoms with van der Waals surface area (Å²) in [6.07, 6.45) is -5.79. The lowest BCUT2D eigenvalue weighted by atomic mass is 10.0. The van der Waals surface area contributed by atoms with Gasteiger partial charge in [0.2, 0.25) is 5.95 Å². The van der Waals surface area contributed by atoms with Crippen LogP contribution in [0.3, 0.4) is 0 Å². The molecule has 4 aromatic rings. The molecule has 46 heavy (non-hydrogen) atoms. The first-order valence-corrected chi connectivity index (χ1v) is 14.0. The molecular formula is C33H35F3N4O6. The Morgan fingerprint density at radius 3 is 2.09 bits per heavy atom. The number of rotatable bonds is 8. The van der Waals surface area contributed by atoms with Crippen LogP contribution in [0.4, 0.5) is 23.9 Å². The number of carbonyl (C=O) groups excluding carboxylic acids is 1. The molecule has 1 unspecified atom stereocenters. The Balaban J connectivity index is 0.000000266. The number of halogens is 3. The second-order valence-electron chi connectivity index (χ2n) is 11.2. The third-order valence-corrected chi connectivity index (χ3v) is 6.20. The highest BCUT2D eigenvalue weighted by Gasteiger charge is 2.27. The van der Waals surface area contributed by atoms with Crippen LogP contribution in [-0.2, 0) is 22.4 Å². The van der Waals surface area contributed by atoms with E-state index in [1.807, 2.05) is 24.3 Å². The molecule has 10 nitrogen and oxygen atoms in total. The summed E-state index contributed by atoms with van der Waals surface area (Å²) in [5.74, 6) is -0.445. The van der Waals surface area contributed by atoms with Crippen molar-refractivity contribution in [1.82, 2.24) is 15.3 Å². The Morgan fingerprint density at radius 1 is 0.935 bits per heavy atom. The number of amides is 1. The Hall–Kier alpha value is -5.33. The van der Waals surface area contributed by atoms with E-state index in [1.165, 1.54) is 18.2 Å². The van der Waals surface area contributed by atoms with E-state index in [2.05, 4.69) is 15.3 Å². The average molecular weight is 641 g/mol.